The largest absolute Gasteiger partial charge is 0.504 e. The summed E-state index contributed by atoms with van der Waals surface area (Å²) in [6.45, 7) is 5.00. The minimum atomic E-state index is -0.785. The maximum atomic E-state index is 11.6. The van der Waals surface area contributed by atoms with Crippen molar-refractivity contribution < 1.29 is 34.4 Å². The van der Waals surface area contributed by atoms with Gasteiger partial charge in [-0.05, 0) is 19.1 Å². The maximum Gasteiger partial charge on any atom is 0.338 e. The quantitative estimate of drug-likeness (QED) is 0.315. The Bertz CT molecular complexity index is 539. The topological polar surface area (TPSA) is 113 Å². The number of phenols is 3. The molecule has 0 fully saturated rings. The van der Waals surface area contributed by atoms with Crippen molar-refractivity contribution in [3.63, 3.8) is 0 Å². The molecule has 0 bridgehead atoms. The normalized spacial score (nSPS) is 9.95. The third-order valence-electron chi connectivity index (χ3n) is 2.41. The SMILES string of the molecule is C=C(C)C(=O)OCCCOC(=O)c1cc(O)c(O)c(O)c1. The molecule has 0 spiro atoms. The van der Waals surface area contributed by atoms with Crippen molar-refractivity contribution in [3.8, 4) is 17.2 Å². The molecule has 0 radical (unpaired) electrons. The number of esters is 2. The van der Waals surface area contributed by atoms with Crippen molar-refractivity contribution in [2.75, 3.05) is 13.2 Å². The summed E-state index contributed by atoms with van der Waals surface area (Å²) in [5.74, 6) is -3.27. The fourth-order valence-corrected chi connectivity index (χ4v) is 1.32. The monoisotopic (exact) mass is 296 g/mol. The third kappa shape index (κ3) is 4.72. The first-order valence-corrected chi connectivity index (χ1v) is 6.07. The summed E-state index contributed by atoms with van der Waals surface area (Å²) in [5, 5.41) is 27.7. The third-order valence-corrected chi connectivity index (χ3v) is 2.41. The summed E-state index contributed by atoms with van der Waals surface area (Å²) in [6, 6.07) is 1.94. The number of aromatic hydroxyl groups is 3. The van der Waals surface area contributed by atoms with Gasteiger partial charge in [-0.25, -0.2) is 9.59 Å². The van der Waals surface area contributed by atoms with Crippen LogP contribution in [0.15, 0.2) is 24.3 Å². The molecule has 7 nitrogen and oxygen atoms in total. The lowest BCUT2D eigenvalue weighted by Crippen LogP contribution is -2.11. The minimum Gasteiger partial charge on any atom is -0.504 e. The Balaban J connectivity index is 2.41. The van der Waals surface area contributed by atoms with Crippen LogP contribution in [-0.2, 0) is 14.3 Å². The molecule has 0 aliphatic heterocycles. The fraction of sp³-hybridized carbons (Fsp3) is 0.286. The predicted molar refractivity (Wildman–Crippen MR) is 72.1 cm³/mol. The van der Waals surface area contributed by atoms with Crippen LogP contribution >= 0.6 is 0 Å². The highest BCUT2D eigenvalue weighted by atomic mass is 16.5. The molecule has 1 aromatic rings. The smallest absolute Gasteiger partial charge is 0.338 e. The fourth-order valence-electron chi connectivity index (χ4n) is 1.32. The van der Waals surface area contributed by atoms with Gasteiger partial charge in [-0.2, -0.15) is 0 Å². The molecule has 114 valence electrons. The van der Waals surface area contributed by atoms with E-state index in [4.69, 9.17) is 14.6 Å². The second-order valence-corrected chi connectivity index (χ2v) is 4.27. The van der Waals surface area contributed by atoms with E-state index in [2.05, 4.69) is 6.58 Å². The molecule has 0 unspecified atom stereocenters. The van der Waals surface area contributed by atoms with Crippen molar-refractivity contribution in [1.82, 2.24) is 0 Å². The van der Waals surface area contributed by atoms with Crippen LogP contribution in [0.2, 0.25) is 0 Å². The second kappa shape index (κ2) is 7.18. The van der Waals surface area contributed by atoms with E-state index in [9.17, 15) is 19.8 Å². The highest BCUT2D eigenvalue weighted by Gasteiger charge is 2.14. The molecule has 0 saturated carbocycles. The standard InChI is InChI=1S/C14H16O7/c1-8(2)13(18)20-4-3-5-21-14(19)9-6-10(15)12(17)11(16)7-9/h6-7,15-17H,1,3-5H2,2H3. The van der Waals surface area contributed by atoms with Gasteiger partial charge >= 0.3 is 11.9 Å². The van der Waals surface area contributed by atoms with Crippen LogP contribution in [0.3, 0.4) is 0 Å². The number of carbonyl (C=O) groups excluding carboxylic acids is 2. The molecule has 3 N–H and O–H groups in total. The molecule has 0 saturated heterocycles. The van der Waals surface area contributed by atoms with E-state index in [0.29, 0.717) is 6.42 Å². The summed E-state index contributed by atoms with van der Waals surface area (Å²) < 4.78 is 9.67. The lowest BCUT2D eigenvalue weighted by atomic mass is 10.2. The lowest BCUT2D eigenvalue weighted by Gasteiger charge is -2.07. The lowest BCUT2D eigenvalue weighted by molar-refractivity contribution is -0.139. The zero-order valence-corrected chi connectivity index (χ0v) is 11.5. The van der Waals surface area contributed by atoms with E-state index in [1.165, 1.54) is 6.92 Å². The van der Waals surface area contributed by atoms with Gasteiger partial charge in [0.1, 0.15) is 0 Å². The van der Waals surface area contributed by atoms with Gasteiger partial charge in [-0.3, -0.25) is 0 Å². The van der Waals surface area contributed by atoms with Gasteiger partial charge in [0.2, 0.25) is 0 Å². The molecule has 21 heavy (non-hydrogen) atoms. The molecule has 1 rings (SSSR count). The van der Waals surface area contributed by atoms with Crippen molar-refractivity contribution in [1.29, 1.82) is 0 Å². The minimum absolute atomic E-state index is 0.00922. The first-order valence-electron chi connectivity index (χ1n) is 6.07. The zero-order chi connectivity index (χ0) is 16.0. The molecule has 7 heteroatoms. The number of hydrogen-bond donors (Lipinski definition) is 3. The van der Waals surface area contributed by atoms with Crippen LogP contribution < -0.4 is 0 Å². The van der Waals surface area contributed by atoms with E-state index in [1.54, 1.807) is 0 Å². The average molecular weight is 296 g/mol. The predicted octanol–water partition coefficient (Wildman–Crippen LogP) is 1.47. The van der Waals surface area contributed by atoms with E-state index in [1.807, 2.05) is 0 Å². The van der Waals surface area contributed by atoms with Gasteiger partial charge in [0.05, 0.1) is 18.8 Å². The Morgan fingerprint density at radius 2 is 1.62 bits per heavy atom. The van der Waals surface area contributed by atoms with Gasteiger partial charge in [0.15, 0.2) is 17.2 Å². The van der Waals surface area contributed by atoms with E-state index >= 15 is 0 Å². The molecule has 0 aliphatic rings. The first kappa shape index (κ1) is 16.4. The Morgan fingerprint density at radius 3 is 2.14 bits per heavy atom. The van der Waals surface area contributed by atoms with Gasteiger partial charge in [0, 0.05) is 12.0 Å². The van der Waals surface area contributed by atoms with E-state index < -0.39 is 29.2 Å². The average Bonchev–Trinajstić information content (AvgIpc) is 2.43. The second-order valence-electron chi connectivity index (χ2n) is 4.27. The van der Waals surface area contributed by atoms with Crippen molar-refractivity contribution in [2.24, 2.45) is 0 Å². The number of benzene rings is 1. The van der Waals surface area contributed by atoms with Crippen LogP contribution in [0, 0.1) is 0 Å². The van der Waals surface area contributed by atoms with Crippen LogP contribution in [0.1, 0.15) is 23.7 Å². The van der Waals surface area contributed by atoms with Gasteiger partial charge in [0.25, 0.3) is 0 Å². The molecule has 0 aliphatic carbocycles. The highest BCUT2D eigenvalue weighted by molar-refractivity contribution is 5.91. The Morgan fingerprint density at radius 1 is 1.10 bits per heavy atom. The zero-order valence-electron chi connectivity index (χ0n) is 11.5. The molecule has 0 amide bonds. The Labute approximate surface area is 121 Å². The summed E-state index contributed by atoms with van der Waals surface area (Å²) >= 11 is 0. The molecular formula is C14H16O7. The van der Waals surface area contributed by atoms with Crippen molar-refractivity contribution >= 4 is 11.9 Å². The van der Waals surface area contributed by atoms with Crippen LogP contribution in [0.25, 0.3) is 0 Å². The van der Waals surface area contributed by atoms with Crippen LogP contribution in [0.4, 0.5) is 0 Å². The highest BCUT2D eigenvalue weighted by Crippen LogP contribution is 2.35. The van der Waals surface area contributed by atoms with Crippen molar-refractivity contribution in [3.05, 3.63) is 29.8 Å². The summed E-state index contributed by atoms with van der Waals surface area (Å²) in [5.41, 5.74) is 0.170. The number of hydrogen-bond acceptors (Lipinski definition) is 7. The number of rotatable bonds is 6. The van der Waals surface area contributed by atoms with E-state index in [0.717, 1.165) is 12.1 Å². The van der Waals surface area contributed by atoms with Gasteiger partial charge in [-0.1, -0.05) is 6.58 Å². The Hall–Kier alpha value is -2.70. The van der Waals surface area contributed by atoms with Crippen LogP contribution in [-0.4, -0.2) is 40.5 Å². The molecular weight excluding hydrogens is 280 g/mol. The summed E-state index contributed by atoms with van der Waals surface area (Å²) in [4.78, 5) is 22.7. The van der Waals surface area contributed by atoms with E-state index in [-0.39, 0.29) is 24.4 Å². The molecule has 0 aromatic heterocycles. The number of phenolic OH excluding ortho intramolecular Hbond substituents is 3. The molecule has 1 aromatic carbocycles. The van der Waals surface area contributed by atoms with Gasteiger partial charge < -0.3 is 24.8 Å². The molecule has 0 atom stereocenters. The van der Waals surface area contributed by atoms with Crippen molar-refractivity contribution in [2.45, 2.75) is 13.3 Å². The molecule has 0 heterocycles. The summed E-state index contributed by atoms with van der Waals surface area (Å²) in [6.07, 6.45) is 0.292. The first-order chi connectivity index (χ1) is 9.82. The maximum absolute atomic E-state index is 11.6. The van der Waals surface area contributed by atoms with Gasteiger partial charge in [-0.15, -0.1) is 0 Å². The number of ether oxygens (including phenoxy) is 2. The number of carbonyl (C=O) groups is 2. The van der Waals surface area contributed by atoms with Crippen LogP contribution in [0.5, 0.6) is 17.2 Å². The Kier molecular flexibility index (Phi) is 5.59. The summed E-state index contributed by atoms with van der Waals surface area (Å²) in [7, 11) is 0.